The van der Waals surface area contributed by atoms with Gasteiger partial charge < -0.3 is 14.8 Å². The Morgan fingerprint density at radius 1 is 1.31 bits per heavy atom. The van der Waals surface area contributed by atoms with Crippen molar-refractivity contribution < 1.29 is 14.3 Å². The van der Waals surface area contributed by atoms with Gasteiger partial charge in [0.25, 0.3) is 0 Å². The maximum Gasteiger partial charge on any atom is 0.238 e. The van der Waals surface area contributed by atoms with E-state index in [1.807, 2.05) is 6.07 Å². The van der Waals surface area contributed by atoms with E-state index in [4.69, 9.17) is 9.47 Å². The molecule has 0 aromatic heterocycles. The summed E-state index contributed by atoms with van der Waals surface area (Å²) in [6, 6.07) is 6.29. The van der Waals surface area contributed by atoms with Gasteiger partial charge in [0.2, 0.25) is 5.91 Å². The number of aryl methyl sites for hydroxylation is 1. The van der Waals surface area contributed by atoms with Gasteiger partial charge in [-0.05, 0) is 62.1 Å². The molecule has 4 rings (SSSR count). The molecule has 5 heteroatoms. The van der Waals surface area contributed by atoms with Crippen LogP contribution in [0.5, 0.6) is 0 Å². The van der Waals surface area contributed by atoms with Crippen molar-refractivity contribution in [3.63, 3.8) is 0 Å². The minimum Gasteiger partial charge on any atom is -0.377 e. The van der Waals surface area contributed by atoms with E-state index in [-0.39, 0.29) is 17.6 Å². The summed E-state index contributed by atoms with van der Waals surface area (Å²) in [6.07, 6.45) is 7.84. The van der Waals surface area contributed by atoms with Crippen LogP contribution < -0.4 is 5.32 Å². The van der Waals surface area contributed by atoms with Gasteiger partial charge in [-0.2, -0.15) is 0 Å². The van der Waals surface area contributed by atoms with Crippen molar-refractivity contribution in [3.8, 4) is 0 Å². The number of anilines is 1. The zero-order valence-electron chi connectivity index (χ0n) is 15.8. The molecule has 1 amide bonds. The number of nitrogens with zero attached hydrogens (tertiary/aromatic N) is 1. The normalized spacial score (nSPS) is 28.9. The summed E-state index contributed by atoms with van der Waals surface area (Å²) in [4.78, 5) is 14.8. The van der Waals surface area contributed by atoms with E-state index in [2.05, 4.69) is 22.3 Å². The highest BCUT2D eigenvalue weighted by Gasteiger charge is 2.46. The van der Waals surface area contributed by atoms with Crippen LogP contribution in [0.25, 0.3) is 0 Å². The van der Waals surface area contributed by atoms with Gasteiger partial charge in [-0.1, -0.05) is 12.1 Å². The number of hydrogen-bond acceptors (Lipinski definition) is 4. The molecule has 5 nitrogen and oxygen atoms in total. The summed E-state index contributed by atoms with van der Waals surface area (Å²) in [6.45, 7) is 2.90. The van der Waals surface area contributed by atoms with Crippen LogP contribution in [0.2, 0.25) is 0 Å². The molecule has 0 unspecified atom stereocenters. The van der Waals surface area contributed by atoms with Gasteiger partial charge in [0.05, 0.1) is 18.2 Å². The lowest BCUT2D eigenvalue weighted by Crippen LogP contribution is -2.57. The number of nitrogens with one attached hydrogen (secondary N) is 1. The van der Waals surface area contributed by atoms with E-state index < -0.39 is 0 Å². The number of methoxy groups -OCH3 is 1. The molecular formula is C21H30N2O3. The fraction of sp³-hybridized carbons (Fsp3) is 0.667. The average Bonchev–Trinajstić information content (AvgIpc) is 3.13. The minimum atomic E-state index is -0.125. The van der Waals surface area contributed by atoms with E-state index in [1.165, 1.54) is 24.0 Å². The van der Waals surface area contributed by atoms with Crippen LogP contribution in [0.3, 0.4) is 0 Å². The Morgan fingerprint density at radius 2 is 2.19 bits per heavy atom. The van der Waals surface area contributed by atoms with Gasteiger partial charge in [0, 0.05) is 32.5 Å². The fourth-order valence-electron chi connectivity index (χ4n) is 4.89. The second-order valence-electron chi connectivity index (χ2n) is 7.92. The summed E-state index contributed by atoms with van der Waals surface area (Å²) in [7, 11) is 1.76. The number of hydrogen-bond donors (Lipinski definition) is 1. The highest BCUT2D eigenvalue weighted by molar-refractivity contribution is 5.93. The van der Waals surface area contributed by atoms with Crippen LogP contribution in [0.1, 0.15) is 43.2 Å². The van der Waals surface area contributed by atoms with Crippen LogP contribution in [-0.4, -0.2) is 55.9 Å². The van der Waals surface area contributed by atoms with Gasteiger partial charge in [0.1, 0.15) is 0 Å². The Morgan fingerprint density at radius 3 is 3.00 bits per heavy atom. The number of fused-ring (bicyclic) bond motifs is 1. The molecule has 26 heavy (non-hydrogen) atoms. The standard InChI is InChI=1S/C21H30N2O3/c1-25-19-14-23(12-11-21(19)10-5-13-26-21)15-20(24)22-18-9-4-7-16-6-2-3-8-17(16)18/h4,7,9,19H,2-3,5-6,8,10-15H2,1H3,(H,22,24)/t19-,21-/m1/s1. The van der Waals surface area contributed by atoms with Crippen molar-refractivity contribution in [2.24, 2.45) is 0 Å². The van der Waals surface area contributed by atoms with E-state index >= 15 is 0 Å². The van der Waals surface area contributed by atoms with Crippen molar-refractivity contribution >= 4 is 11.6 Å². The lowest BCUT2D eigenvalue weighted by molar-refractivity contribution is -0.145. The van der Waals surface area contributed by atoms with E-state index in [1.54, 1.807) is 7.11 Å². The monoisotopic (exact) mass is 358 g/mol. The number of piperidine rings is 1. The third-order valence-corrected chi connectivity index (χ3v) is 6.32. The molecule has 2 saturated heterocycles. The van der Waals surface area contributed by atoms with Crippen molar-refractivity contribution in [2.45, 2.75) is 56.7 Å². The molecule has 0 bridgehead atoms. The smallest absolute Gasteiger partial charge is 0.238 e. The maximum atomic E-state index is 12.6. The summed E-state index contributed by atoms with van der Waals surface area (Å²) in [5.41, 5.74) is 3.61. The first-order valence-electron chi connectivity index (χ1n) is 10.00. The zero-order valence-corrected chi connectivity index (χ0v) is 15.8. The van der Waals surface area contributed by atoms with Gasteiger partial charge >= 0.3 is 0 Å². The van der Waals surface area contributed by atoms with E-state index in [0.29, 0.717) is 6.54 Å². The molecule has 1 aromatic rings. The van der Waals surface area contributed by atoms with Crippen molar-refractivity contribution in [1.82, 2.24) is 4.90 Å². The zero-order chi connectivity index (χ0) is 18.0. The SMILES string of the molecule is CO[C@@H]1CN(CC(=O)Nc2cccc3c2CCCC3)CC[C@]12CCCO2. The third kappa shape index (κ3) is 3.53. The Labute approximate surface area is 156 Å². The van der Waals surface area contributed by atoms with Crippen molar-refractivity contribution in [1.29, 1.82) is 0 Å². The van der Waals surface area contributed by atoms with E-state index in [0.717, 1.165) is 57.5 Å². The highest BCUT2D eigenvalue weighted by atomic mass is 16.5. The molecule has 0 saturated carbocycles. The number of rotatable bonds is 4. The molecule has 2 atom stereocenters. The van der Waals surface area contributed by atoms with Crippen LogP contribution in [0, 0.1) is 0 Å². The molecule has 2 fully saturated rings. The summed E-state index contributed by atoms with van der Waals surface area (Å²) in [5.74, 6) is 0.0714. The minimum absolute atomic E-state index is 0.0519. The number of carbonyl (C=O) groups is 1. The lowest BCUT2D eigenvalue weighted by Gasteiger charge is -2.44. The fourth-order valence-corrected chi connectivity index (χ4v) is 4.89. The number of carbonyl (C=O) groups excluding carboxylic acids is 1. The third-order valence-electron chi connectivity index (χ3n) is 6.32. The molecule has 1 aliphatic carbocycles. The number of ether oxygens (including phenoxy) is 2. The Bertz CT molecular complexity index is 655. The Hall–Kier alpha value is -1.43. The predicted molar refractivity (Wildman–Crippen MR) is 101 cm³/mol. The number of amides is 1. The van der Waals surface area contributed by atoms with Crippen LogP contribution in [0.15, 0.2) is 18.2 Å². The molecular weight excluding hydrogens is 328 g/mol. The molecule has 1 aromatic carbocycles. The summed E-state index contributed by atoms with van der Waals surface area (Å²) < 4.78 is 11.8. The molecule has 0 radical (unpaired) electrons. The maximum absolute atomic E-state index is 12.6. The van der Waals surface area contributed by atoms with Crippen LogP contribution >= 0.6 is 0 Å². The van der Waals surface area contributed by atoms with Gasteiger partial charge in [-0.25, -0.2) is 0 Å². The summed E-state index contributed by atoms with van der Waals surface area (Å²) in [5, 5.41) is 3.16. The first kappa shape index (κ1) is 18.0. The van der Waals surface area contributed by atoms with Gasteiger partial charge in [-0.3, -0.25) is 9.69 Å². The molecule has 3 aliphatic rings. The van der Waals surface area contributed by atoms with Crippen molar-refractivity contribution in [2.75, 3.05) is 38.7 Å². The quantitative estimate of drug-likeness (QED) is 0.899. The molecule has 2 aliphatic heterocycles. The van der Waals surface area contributed by atoms with Gasteiger partial charge in [0.15, 0.2) is 0 Å². The van der Waals surface area contributed by atoms with E-state index in [9.17, 15) is 4.79 Å². The lowest BCUT2D eigenvalue weighted by atomic mass is 9.86. The topological polar surface area (TPSA) is 50.8 Å². The second kappa shape index (κ2) is 7.67. The molecule has 1 spiro atoms. The molecule has 1 N–H and O–H groups in total. The predicted octanol–water partition coefficient (Wildman–Crippen LogP) is 2.77. The van der Waals surface area contributed by atoms with Gasteiger partial charge in [-0.15, -0.1) is 0 Å². The molecule has 142 valence electrons. The first-order chi connectivity index (χ1) is 12.7. The van der Waals surface area contributed by atoms with Crippen LogP contribution in [-0.2, 0) is 27.1 Å². The average molecular weight is 358 g/mol. The Kier molecular flexibility index (Phi) is 5.30. The Balaban J connectivity index is 1.37. The molecule has 2 heterocycles. The summed E-state index contributed by atoms with van der Waals surface area (Å²) >= 11 is 0. The number of benzene rings is 1. The highest BCUT2D eigenvalue weighted by Crippen LogP contribution is 2.37. The largest absolute Gasteiger partial charge is 0.377 e. The first-order valence-corrected chi connectivity index (χ1v) is 10.00. The van der Waals surface area contributed by atoms with Crippen LogP contribution in [0.4, 0.5) is 5.69 Å². The van der Waals surface area contributed by atoms with Crippen molar-refractivity contribution in [3.05, 3.63) is 29.3 Å². The number of likely N-dealkylation sites (tertiary alicyclic amines) is 1. The second-order valence-corrected chi connectivity index (χ2v) is 7.92.